The van der Waals surface area contributed by atoms with E-state index in [1.807, 2.05) is 121 Å². The average molecular weight is 446 g/mol. The normalized spacial score (nSPS) is 13.5. The molecule has 4 rings (SSSR count). The Labute approximate surface area is 194 Å². The third-order valence-electron chi connectivity index (χ3n) is 4.35. The second kappa shape index (κ2) is 12.9. The van der Waals surface area contributed by atoms with Crippen molar-refractivity contribution in [3.63, 3.8) is 0 Å². The SMILES string of the molecule is [Fe+2].[O-]C(/C=C/c1ccccc1)=C1C=CC=C1.[O-]C(/C=C/c1ccccc1)=C1C=CC=C1. The summed E-state index contributed by atoms with van der Waals surface area (Å²) in [5, 5.41) is 23.2. The van der Waals surface area contributed by atoms with Crippen LogP contribution in [0.4, 0.5) is 0 Å². The van der Waals surface area contributed by atoms with Gasteiger partial charge in [-0.15, -0.1) is 11.5 Å². The van der Waals surface area contributed by atoms with E-state index in [2.05, 4.69) is 0 Å². The van der Waals surface area contributed by atoms with Crippen molar-refractivity contribution in [3.05, 3.63) is 155 Å². The van der Waals surface area contributed by atoms with Crippen molar-refractivity contribution in [2.45, 2.75) is 0 Å². The zero-order chi connectivity index (χ0) is 21.0. The fourth-order valence-electron chi connectivity index (χ4n) is 2.74. The van der Waals surface area contributed by atoms with Gasteiger partial charge in [-0.1, -0.05) is 134 Å². The fraction of sp³-hybridized carbons (Fsp3) is 0. The molecule has 0 bridgehead atoms. The van der Waals surface area contributed by atoms with Crippen LogP contribution < -0.4 is 10.2 Å². The van der Waals surface area contributed by atoms with Crippen LogP contribution in [0.1, 0.15) is 11.1 Å². The second-order valence-electron chi connectivity index (χ2n) is 6.56. The molecular weight excluding hydrogens is 424 g/mol. The third kappa shape index (κ3) is 8.02. The zero-order valence-corrected chi connectivity index (χ0v) is 18.0. The van der Waals surface area contributed by atoms with Crippen LogP contribution in [-0.4, -0.2) is 0 Å². The summed E-state index contributed by atoms with van der Waals surface area (Å²) in [6, 6.07) is 19.6. The predicted octanol–water partition coefficient (Wildman–Crippen LogP) is 4.88. The van der Waals surface area contributed by atoms with Gasteiger partial charge in [0, 0.05) is 0 Å². The first-order valence-electron chi connectivity index (χ1n) is 9.71. The Morgan fingerprint density at radius 1 is 0.516 bits per heavy atom. The maximum absolute atomic E-state index is 11.6. The summed E-state index contributed by atoms with van der Waals surface area (Å²) in [4.78, 5) is 0. The Hall–Kier alpha value is -3.52. The third-order valence-corrected chi connectivity index (χ3v) is 4.35. The van der Waals surface area contributed by atoms with Crippen molar-refractivity contribution >= 4 is 12.2 Å². The molecule has 0 saturated carbocycles. The van der Waals surface area contributed by atoms with Gasteiger partial charge < -0.3 is 10.2 Å². The molecule has 0 amide bonds. The van der Waals surface area contributed by atoms with Gasteiger partial charge in [-0.2, -0.15) is 0 Å². The largest absolute Gasteiger partial charge is 2.00 e. The van der Waals surface area contributed by atoms with Crippen LogP contribution in [0.5, 0.6) is 0 Å². The van der Waals surface area contributed by atoms with Gasteiger partial charge >= 0.3 is 17.1 Å². The number of hydrogen-bond acceptors (Lipinski definition) is 2. The van der Waals surface area contributed by atoms with Crippen LogP contribution in [0.3, 0.4) is 0 Å². The zero-order valence-electron chi connectivity index (χ0n) is 16.9. The molecule has 0 saturated heterocycles. The van der Waals surface area contributed by atoms with Crippen molar-refractivity contribution in [3.8, 4) is 0 Å². The minimum atomic E-state index is 0. The molecule has 2 aromatic carbocycles. The number of rotatable bonds is 4. The van der Waals surface area contributed by atoms with Gasteiger partial charge in [0.2, 0.25) is 0 Å². The summed E-state index contributed by atoms with van der Waals surface area (Å²) in [6.45, 7) is 0. The molecule has 3 heteroatoms. The van der Waals surface area contributed by atoms with Crippen LogP contribution >= 0.6 is 0 Å². The Morgan fingerprint density at radius 2 is 0.839 bits per heavy atom. The van der Waals surface area contributed by atoms with Gasteiger partial charge in [-0.05, 0) is 22.3 Å². The van der Waals surface area contributed by atoms with E-state index in [4.69, 9.17) is 0 Å². The quantitative estimate of drug-likeness (QED) is 0.497. The van der Waals surface area contributed by atoms with E-state index in [1.54, 1.807) is 12.2 Å². The van der Waals surface area contributed by atoms with Crippen molar-refractivity contribution in [1.82, 2.24) is 0 Å². The molecule has 31 heavy (non-hydrogen) atoms. The first-order chi connectivity index (χ1) is 14.7. The van der Waals surface area contributed by atoms with Crippen LogP contribution in [-0.2, 0) is 17.1 Å². The van der Waals surface area contributed by atoms with Crippen molar-refractivity contribution < 1.29 is 27.3 Å². The standard InChI is InChI=1S/2C14H12O.Fe/c2*15-14(13-8-4-5-9-13)11-10-12-6-2-1-3-7-12;/h2*1-11,15H;/q;;+2/p-2/b2*11-10+;. The number of hydrogen-bond donors (Lipinski definition) is 0. The van der Waals surface area contributed by atoms with E-state index in [9.17, 15) is 10.2 Å². The molecule has 0 radical (unpaired) electrons. The van der Waals surface area contributed by atoms with Crippen LogP contribution in [0.25, 0.3) is 12.2 Å². The molecule has 0 fully saturated rings. The molecule has 2 aliphatic rings. The Morgan fingerprint density at radius 3 is 1.16 bits per heavy atom. The van der Waals surface area contributed by atoms with Crippen LogP contribution in [0.15, 0.2) is 144 Å². The molecule has 0 N–H and O–H groups in total. The van der Waals surface area contributed by atoms with Gasteiger partial charge in [-0.3, -0.25) is 0 Å². The summed E-state index contributed by atoms with van der Waals surface area (Å²) in [5.74, 6) is 0.0905. The van der Waals surface area contributed by atoms with Gasteiger partial charge in [0.15, 0.2) is 0 Å². The predicted molar refractivity (Wildman–Crippen MR) is 122 cm³/mol. The molecule has 0 unspecified atom stereocenters. The van der Waals surface area contributed by atoms with Crippen molar-refractivity contribution in [2.24, 2.45) is 0 Å². The minimum Gasteiger partial charge on any atom is -0.872 e. The summed E-state index contributed by atoms with van der Waals surface area (Å²) in [6.07, 6.45) is 21.6. The first-order valence-corrected chi connectivity index (χ1v) is 9.71. The van der Waals surface area contributed by atoms with E-state index in [-0.39, 0.29) is 28.6 Å². The smallest absolute Gasteiger partial charge is 0.872 e. The van der Waals surface area contributed by atoms with Crippen LogP contribution in [0, 0.1) is 0 Å². The Bertz CT molecular complexity index is 963. The van der Waals surface area contributed by atoms with Crippen molar-refractivity contribution in [2.75, 3.05) is 0 Å². The monoisotopic (exact) mass is 446 g/mol. The Balaban J connectivity index is 0.000000213. The van der Waals surface area contributed by atoms with Gasteiger partial charge in [0.05, 0.1) is 0 Å². The molecule has 2 nitrogen and oxygen atoms in total. The number of benzene rings is 2. The molecule has 0 heterocycles. The summed E-state index contributed by atoms with van der Waals surface area (Å²) >= 11 is 0. The van der Waals surface area contributed by atoms with E-state index in [1.165, 1.54) is 0 Å². The van der Waals surface area contributed by atoms with Crippen molar-refractivity contribution in [1.29, 1.82) is 0 Å². The molecule has 0 spiro atoms. The summed E-state index contributed by atoms with van der Waals surface area (Å²) in [7, 11) is 0. The summed E-state index contributed by atoms with van der Waals surface area (Å²) < 4.78 is 0. The fourth-order valence-corrected chi connectivity index (χ4v) is 2.74. The topological polar surface area (TPSA) is 46.1 Å². The molecule has 0 aliphatic heterocycles. The second-order valence-corrected chi connectivity index (χ2v) is 6.56. The van der Waals surface area contributed by atoms with E-state index in [0.717, 1.165) is 22.3 Å². The molecule has 154 valence electrons. The van der Waals surface area contributed by atoms with Gasteiger partial charge in [0.1, 0.15) is 0 Å². The van der Waals surface area contributed by atoms with Gasteiger partial charge in [-0.25, -0.2) is 0 Å². The Kier molecular flexibility index (Phi) is 9.90. The molecule has 0 atom stereocenters. The maximum atomic E-state index is 11.6. The molecule has 2 aliphatic carbocycles. The van der Waals surface area contributed by atoms with Gasteiger partial charge in [0.25, 0.3) is 0 Å². The molecular formula is C28H22FeO2. The van der Waals surface area contributed by atoms with E-state index >= 15 is 0 Å². The summed E-state index contributed by atoms with van der Waals surface area (Å²) in [5.41, 5.74) is 3.55. The minimum absolute atomic E-state index is 0. The van der Waals surface area contributed by atoms with Crippen LogP contribution in [0.2, 0.25) is 0 Å². The maximum Gasteiger partial charge on any atom is 2.00 e. The molecule has 0 aromatic heterocycles. The number of allylic oxidation sites excluding steroid dienone is 12. The average Bonchev–Trinajstić information content (AvgIpc) is 3.52. The first kappa shape index (κ1) is 23.8. The van der Waals surface area contributed by atoms with E-state index < -0.39 is 0 Å². The molecule has 2 aromatic rings. The van der Waals surface area contributed by atoms with E-state index in [0.29, 0.717) is 0 Å².